The summed E-state index contributed by atoms with van der Waals surface area (Å²) in [6, 6.07) is 13.4. The normalized spacial score (nSPS) is 22.9. The van der Waals surface area contributed by atoms with Crippen molar-refractivity contribution in [3.8, 4) is 0 Å². The van der Waals surface area contributed by atoms with Gasteiger partial charge in [0.1, 0.15) is 6.04 Å². The molecule has 33 heavy (non-hydrogen) atoms. The Balaban J connectivity index is 1.27. The first-order valence-corrected chi connectivity index (χ1v) is 11.6. The van der Waals surface area contributed by atoms with Gasteiger partial charge in [-0.05, 0) is 48.9 Å². The minimum absolute atomic E-state index is 0.189. The van der Waals surface area contributed by atoms with E-state index in [-0.39, 0.29) is 18.2 Å². The summed E-state index contributed by atoms with van der Waals surface area (Å²) >= 11 is 0. The van der Waals surface area contributed by atoms with Crippen molar-refractivity contribution in [2.45, 2.75) is 57.3 Å². The quantitative estimate of drug-likeness (QED) is 0.702. The van der Waals surface area contributed by atoms with Gasteiger partial charge in [0, 0.05) is 38.2 Å². The number of carbonyl (C=O) groups excluding carboxylic acids is 3. The van der Waals surface area contributed by atoms with E-state index in [1.54, 1.807) is 11.0 Å². The summed E-state index contributed by atoms with van der Waals surface area (Å²) in [6.07, 6.45) is 1.84. The van der Waals surface area contributed by atoms with Gasteiger partial charge < -0.3 is 10.0 Å². The number of hydrogen-bond donors (Lipinski definition) is 2. The number of piperidine rings is 2. The molecule has 3 aliphatic rings. The molecule has 2 N–H and O–H groups in total. The van der Waals surface area contributed by atoms with Crippen LogP contribution in [0.5, 0.6) is 0 Å². The summed E-state index contributed by atoms with van der Waals surface area (Å²) in [4.78, 5) is 40.6. The number of likely N-dealkylation sites (tertiary alicyclic amines) is 1. The maximum atomic E-state index is 12.9. The molecule has 7 heteroatoms. The number of fused-ring (bicyclic) bond motifs is 1. The van der Waals surface area contributed by atoms with Crippen LogP contribution in [0, 0.1) is 6.92 Å². The molecule has 172 valence electrons. The topological polar surface area (TPSA) is 89.9 Å². The van der Waals surface area contributed by atoms with Gasteiger partial charge in [0.15, 0.2) is 0 Å². The molecular weight excluding hydrogens is 418 g/mol. The maximum absolute atomic E-state index is 12.9. The average Bonchev–Trinajstić information content (AvgIpc) is 3.11. The third-order valence-corrected chi connectivity index (χ3v) is 7.23. The minimum Gasteiger partial charge on any atom is -0.385 e. The maximum Gasteiger partial charge on any atom is 0.255 e. The lowest BCUT2D eigenvalue weighted by Gasteiger charge is -2.38. The van der Waals surface area contributed by atoms with Crippen molar-refractivity contribution in [1.29, 1.82) is 0 Å². The van der Waals surface area contributed by atoms with Crippen LogP contribution in [0.3, 0.4) is 0 Å². The Kier molecular flexibility index (Phi) is 5.54. The highest BCUT2D eigenvalue weighted by Crippen LogP contribution is 2.36. The highest BCUT2D eigenvalue weighted by atomic mass is 16.3. The van der Waals surface area contributed by atoms with Gasteiger partial charge in [0.25, 0.3) is 5.91 Å². The van der Waals surface area contributed by atoms with Crippen molar-refractivity contribution in [2.24, 2.45) is 0 Å². The predicted octanol–water partition coefficient (Wildman–Crippen LogP) is 2.24. The molecule has 0 saturated carbocycles. The van der Waals surface area contributed by atoms with E-state index in [1.807, 2.05) is 12.1 Å². The van der Waals surface area contributed by atoms with Crippen LogP contribution in [0.2, 0.25) is 0 Å². The standard InChI is InChI=1S/C26H29N3O4/c1-17-3-2-4-18(13-17)15-28-11-9-26(33,10-12-28)20-5-6-21-19(14-20)16-29(25(21)32)22-7-8-23(30)27-24(22)31/h2-6,13-14,22,33H,7-12,15-16H2,1H3,(H,27,30,31). The zero-order chi connectivity index (χ0) is 23.2. The Bertz CT molecular complexity index is 1120. The Labute approximate surface area is 193 Å². The lowest BCUT2D eigenvalue weighted by Crippen LogP contribution is -2.52. The summed E-state index contributed by atoms with van der Waals surface area (Å²) in [5.74, 6) is -0.892. The number of amides is 3. The fourth-order valence-electron chi connectivity index (χ4n) is 5.30. The van der Waals surface area contributed by atoms with Gasteiger partial charge in [-0.25, -0.2) is 0 Å². The van der Waals surface area contributed by atoms with E-state index < -0.39 is 17.6 Å². The van der Waals surface area contributed by atoms with Crippen LogP contribution in [-0.2, 0) is 28.3 Å². The molecule has 2 fully saturated rings. The SMILES string of the molecule is Cc1cccc(CN2CCC(O)(c3ccc4c(c3)CN(C3CCC(=O)NC3=O)C4=O)CC2)c1. The first-order chi connectivity index (χ1) is 15.8. The van der Waals surface area contributed by atoms with Crippen molar-refractivity contribution in [3.63, 3.8) is 0 Å². The Morgan fingerprint density at radius 1 is 1.09 bits per heavy atom. The molecule has 3 heterocycles. The van der Waals surface area contributed by atoms with Crippen molar-refractivity contribution in [1.82, 2.24) is 15.1 Å². The fraction of sp³-hybridized carbons (Fsp3) is 0.423. The van der Waals surface area contributed by atoms with E-state index in [1.165, 1.54) is 11.1 Å². The van der Waals surface area contributed by atoms with Gasteiger partial charge in [0.2, 0.25) is 11.8 Å². The minimum atomic E-state index is -0.927. The van der Waals surface area contributed by atoms with E-state index in [0.29, 0.717) is 31.4 Å². The molecule has 0 aliphatic carbocycles. The molecule has 0 aromatic heterocycles. The van der Waals surface area contributed by atoms with E-state index in [2.05, 4.69) is 41.4 Å². The molecule has 0 bridgehead atoms. The summed E-state index contributed by atoms with van der Waals surface area (Å²) < 4.78 is 0. The molecule has 2 aromatic carbocycles. The number of aliphatic hydroxyl groups is 1. The second kappa shape index (κ2) is 8.39. The van der Waals surface area contributed by atoms with E-state index in [4.69, 9.17) is 0 Å². The average molecular weight is 448 g/mol. The molecule has 1 unspecified atom stereocenters. The molecule has 2 aromatic rings. The van der Waals surface area contributed by atoms with Crippen molar-refractivity contribution >= 4 is 17.7 Å². The number of aryl methyl sites for hydroxylation is 1. The molecule has 3 amide bonds. The summed E-state index contributed by atoms with van der Waals surface area (Å²) in [6.45, 7) is 4.88. The Hall–Kier alpha value is -3.03. The van der Waals surface area contributed by atoms with Crippen LogP contribution >= 0.6 is 0 Å². The Morgan fingerprint density at radius 3 is 2.61 bits per heavy atom. The largest absolute Gasteiger partial charge is 0.385 e. The van der Waals surface area contributed by atoms with Crippen molar-refractivity contribution in [2.75, 3.05) is 13.1 Å². The number of hydrogen-bond acceptors (Lipinski definition) is 5. The Morgan fingerprint density at radius 2 is 1.88 bits per heavy atom. The smallest absolute Gasteiger partial charge is 0.255 e. The van der Waals surface area contributed by atoms with Crippen LogP contribution in [0.4, 0.5) is 0 Å². The second-order valence-corrected chi connectivity index (χ2v) is 9.57. The number of carbonyl (C=O) groups is 3. The monoisotopic (exact) mass is 447 g/mol. The second-order valence-electron chi connectivity index (χ2n) is 9.57. The van der Waals surface area contributed by atoms with Gasteiger partial charge in [0.05, 0.1) is 5.60 Å². The molecule has 0 radical (unpaired) electrons. The molecule has 5 rings (SSSR count). The molecule has 7 nitrogen and oxygen atoms in total. The lowest BCUT2D eigenvalue weighted by atomic mass is 9.83. The molecule has 1 atom stereocenters. The third kappa shape index (κ3) is 4.18. The summed E-state index contributed by atoms with van der Waals surface area (Å²) in [5.41, 5.74) is 3.84. The molecule has 2 saturated heterocycles. The first kappa shape index (κ1) is 21.8. The highest BCUT2D eigenvalue weighted by Gasteiger charge is 2.40. The fourth-order valence-corrected chi connectivity index (χ4v) is 5.30. The van der Waals surface area contributed by atoms with Gasteiger partial charge in [-0.1, -0.05) is 42.0 Å². The van der Waals surface area contributed by atoms with Crippen LogP contribution in [-0.4, -0.2) is 51.8 Å². The zero-order valence-electron chi connectivity index (χ0n) is 18.8. The van der Waals surface area contributed by atoms with Crippen LogP contribution in [0.1, 0.15) is 58.3 Å². The number of benzene rings is 2. The molecule has 0 spiro atoms. The first-order valence-electron chi connectivity index (χ1n) is 11.6. The molecular formula is C26H29N3O4. The lowest BCUT2D eigenvalue weighted by molar-refractivity contribution is -0.136. The van der Waals surface area contributed by atoms with Crippen molar-refractivity contribution < 1.29 is 19.5 Å². The number of nitrogens with one attached hydrogen (secondary N) is 1. The van der Waals surface area contributed by atoms with Gasteiger partial charge in [-0.15, -0.1) is 0 Å². The summed E-state index contributed by atoms with van der Waals surface area (Å²) in [7, 11) is 0. The third-order valence-electron chi connectivity index (χ3n) is 7.23. The van der Waals surface area contributed by atoms with Crippen molar-refractivity contribution in [3.05, 3.63) is 70.3 Å². The van der Waals surface area contributed by atoms with Gasteiger partial charge >= 0.3 is 0 Å². The molecule has 3 aliphatic heterocycles. The van der Waals surface area contributed by atoms with Crippen LogP contribution in [0.15, 0.2) is 42.5 Å². The number of rotatable bonds is 4. The van der Waals surface area contributed by atoms with Gasteiger partial charge in [-0.3, -0.25) is 24.6 Å². The van der Waals surface area contributed by atoms with Crippen LogP contribution < -0.4 is 5.32 Å². The van der Waals surface area contributed by atoms with Gasteiger partial charge in [-0.2, -0.15) is 0 Å². The highest BCUT2D eigenvalue weighted by molar-refractivity contribution is 6.05. The summed E-state index contributed by atoms with van der Waals surface area (Å²) in [5, 5.41) is 13.8. The number of nitrogens with zero attached hydrogens (tertiary/aromatic N) is 2. The zero-order valence-corrected chi connectivity index (χ0v) is 18.8. The predicted molar refractivity (Wildman–Crippen MR) is 122 cm³/mol. The van der Waals surface area contributed by atoms with E-state index >= 15 is 0 Å². The van der Waals surface area contributed by atoms with E-state index in [9.17, 15) is 19.5 Å². The van der Waals surface area contributed by atoms with Crippen LogP contribution in [0.25, 0.3) is 0 Å². The van der Waals surface area contributed by atoms with E-state index in [0.717, 1.165) is 30.8 Å². The number of imide groups is 1.